The van der Waals surface area contributed by atoms with Crippen LogP contribution in [0.5, 0.6) is 5.75 Å². The number of halogens is 2. The molecule has 0 unspecified atom stereocenters. The van der Waals surface area contributed by atoms with Crippen LogP contribution in [0.25, 0.3) is 0 Å². The third kappa shape index (κ3) is 6.17. The molecule has 7 heteroatoms. The first kappa shape index (κ1) is 24.4. The van der Waals surface area contributed by atoms with Gasteiger partial charge in [-0.1, -0.05) is 61.2 Å². The van der Waals surface area contributed by atoms with Crippen LogP contribution in [0.15, 0.2) is 42.5 Å². The Hall–Kier alpha value is -2.24. The van der Waals surface area contributed by atoms with E-state index in [1.807, 2.05) is 31.2 Å². The maximum atomic E-state index is 13.5. The van der Waals surface area contributed by atoms with Gasteiger partial charge in [-0.2, -0.15) is 0 Å². The Morgan fingerprint density at radius 2 is 1.72 bits per heavy atom. The van der Waals surface area contributed by atoms with Crippen molar-refractivity contribution in [3.8, 4) is 5.75 Å². The second kappa shape index (κ2) is 11.6. The molecule has 0 saturated heterocycles. The van der Waals surface area contributed by atoms with Gasteiger partial charge in [-0.05, 0) is 49.1 Å². The van der Waals surface area contributed by atoms with Crippen LogP contribution in [0.4, 0.5) is 0 Å². The van der Waals surface area contributed by atoms with E-state index in [2.05, 4.69) is 5.32 Å². The fourth-order valence-corrected chi connectivity index (χ4v) is 4.68. The van der Waals surface area contributed by atoms with Crippen molar-refractivity contribution in [1.29, 1.82) is 0 Å². The average Bonchev–Trinajstić information content (AvgIpc) is 3.29. The fraction of sp³-hybridized carbons (Fsp3) is 0.440. The number of rotatable bonds is 9. The van der Waals surface area contributed by atoms with Crippen LogP contribution < -0.4 is 10.1 Å². The van der Waals surface area contributed by atoms with Crippen molar-refractivity contribution in [3.05, 3.63) is 63.6 Å². The highest BCUT2D eigenvalue weighted by Crippen LogP contribution is 2.28. The molecule has 1 atom stereocenters. The molecule has 1 fully saturated rings. The van der Waals surface area contributed by atoms with Gasteiger partial charge >= 0.3 is 0 Å². The first-order valence-electron chi connectivity index (χ1n) is 11.1. The molecule has 0 bridgehead atoms. The lowest BCUT2D eigenvalue weighted by atomic mass is 10.1. The minimum atomic E-state index is -0.603. The predicted octanol–water partition coefficient (Wildman–Crippen LogP) is 5.41. The summed E-state index contributed by atoms with van der Waals surface area (Å²) < 4.78 is 5.20. The summed E-state index contributed by atoms with van der Waals surface area (Å²) in [4.78, 5) is 28.3. The molecule has 1 aliphatic rings. The summed E-state index contributed by atoms with van der Waals surface area (Å²) in [6.45, 7) is 2.09. The van der Waals surface area contributed by atoms with Crippen molar-refractivity contribution in [2.75, 3.05) is 7.11 Å². The van der Waals surface area contributed by atoms with Crippen molar-refractivity contribution in [1.82, 2.24) is 10.2 Å². The van der Waals surface area contributed by atoms with Gasteiger partial charge in [0.25, 0.3) is 0 Å². The molecule has 0 aromatic heterocycles. The van der Waals surface area contributed by atoms with Gasteiger partial charge in [0.2, 0.25) is 11.8 Å². The van der Waals surface area contributed by atoms with E-state index in [1.54, 1.807) is 30.2 Å². The summed E-state index contributed by atoms with van der Waals surface area (Å²) in [6, 6.07) is 12.2. The summed E-state index contributed by atoms with van der Waals surface area (Å²) in [6.07, 6.45) is 4.87. The molecule has 0 aliphatic heterocycles. The normalized spacial score (nSPS) is 14.8. The summed E-state index contributed by atoms with van der Waals surface area (Å²) in [5.41, 5.74) is 1.49. The van der Waals surface area contributed by atoms with Gasteiger partial charge in [-0.3, -0.25) is 9.59 Å². The smallest absolute Gasteiger partial charge is 0.243 e. The first-order valence-corrected chi connectivity index (χ1v) is 11.8. The van der Waals surface area contributed by atoms with E-state index in [1.165, 1.54) is 0 Å². The second-order valence-corrected chi connectivity index (χ2v) is 8.98. The highest BCUT2D eigenvalue weighted by molar-refractivity contribution is 6.36. The molecule has 2 aromatic rings. The largest absolute Gasteiger partial charge is 0.497 e. The number of hydrogen-bond donors (Lipinski definition) is 1. The third-order valence-electron chi connectivity index (χ3n) is 5.99. The molecular weight excluding hydrogens is 447 g/mol. The second-order valence-electron chi connectivity index (χ2n) is 8.16. The number of hydrogen-bond acceptors (Lipinski definition) is 3. The number of carbonyl (C=O) groups excluding carboxylic acids is 2. The maximum absolute atomic E-state index is 13.5. The quantitative estimate of drug-likeness (QED) is 0.526. The Kier molecular flexibility index (Phi) is 8.83. The summed E-state index contributed by atoms with van der Waals surface area (Å²) in [7, 11) is 1.60. The van der Waals surface area contributed by atoms with Gasteiger partial charge in [0.05, 0.1) is 13.5 Å². The van der Waals surface area contributed by atoms with Crippen molar-refractivity contribution in [3.63, 3.8) is 0 Å². The van der Waals surface area contributed by atoms with Crippen LogP contribution >= 0.6 is 23.2 Å². The molecule has 0 heterocycles. The highest BCUT2D eigenvalue weighted by Gasteiger charge is 2.31. The number of ether oxygens (including phenoxy) is 1. The number of nitrogens with zero attached hydrogens (tertiary/aromatic N) is 1. The number of nitrogens with one attached hydrogen (secondary N) is 1. The van der Waals surface area contributed by atoms with Crippen LogP contribution in [-0.4, -0.2) is 35.9 Å². The molecule has 2 amide bonds. The maximum Gasteiger partial charge on any atom is 0.243 e. The van der Waals surface area contributed by atoms with Crippen molar-refractivity contribution in [2.24, 2.45) is 0 Å². The van der Waals surface area contributed by atoms with Gasteiger partial charge in [-0.25, -0.2) is 0 Å². The molecule has 1 saturated carbocycles. The Morgan fingerprint density at radius 3 is 2.28 bits per heavy atom. The molecule has 0 radical (unpaired) electrons. The lowest BCUT2D eigenvalue weighted by molar-refractivity contribution is -0.141. The Bertz CT molecular complexity index is 907. The minimum absolute atomic E-state index is 0.120. The monoisotopic (exact) mass is 476 g/mol. The Balaban J connectivity index is 1.85. The van der Waals surface area contributed by atoms with Crippen molar-refractivity contribution in [2.45, 2.75) is 64.1 Å². The van der Waals surface area contributed by atoms with Gasteiger partial charge in [0.15, 0.2) is 0 Å². The zero-order valence-corrected chi connectivity index (χ0v) is 20.1. The van der Waals surface area contributed by atoms with Gasteiger partial charge in [0, 0.05) is 28.2 Å². The molecule has 5 nitrogen and oxygen atoms in total. The SMILES string of the molecule is CC[C@H](C(=O)NC1CCCC1)N(Cc1c(Cl)cccc1Cl)C(=O)Cc1ccc(OC)cc1. The Morgan fingerprint density at radius 1 is 1.09 bits per heavy atom. The number of amides is 2. The number of benzene rings is 2. The standard InChI is InChI=1S/C25H30Cl2N2O3/c1-3-23(25(31)28-18-7-4-5-8-18)29(16-20-21(26)9-6-10-22(20)27)24(30)15-17-11-13-19(32-2)14-12-17/h6,9-14,18,23H,3-5,7-8,15-16H2,1-2H3,(H,28,31)/t23-/m1/s1. The number of methoxy groups -OCH3 is 1. The zero-order valence-electron chi connectivity index (χ0n) is 18.6. The van der Waals surface area contributed by atoms with Crippen molar-refractivity contribution >= 4 is 35.0 Å². The molecule has 3 rings (SSSR count). The van der Waals surface area contributed by atoms with E-state index < -0.39 is 6.04 Å². The van der Waals surface area contributed by atoms with Gasteiger partial charge < -0.3 is 15.0 Å². The summed E-state index contributed by atoms with van der Waals surface area (Å²) in [5, 5.41) is 4.10. The molecule has 1 aliphatic carbocycles. The topological polar surface area (TPSA) is 58.6 Å². The van der Waals surface area contributed by atoms with Crippen LogP contribution in [-0.2, 0) is 22.6 Å². The highest BCUT2D eigenvalue weighted by atomic mass is 35.5. The lowest BCUT2D eigenvalue weighted by Gasteiger charge is -2.32. The molecule has 0 spiro atoms. The van der Waals surface area contributed by atoms with Gasteiger partial charge in [-0.15, -0.1) is 0 Å². The molecule has 1 N–H and O–H groups in total. The van der Waals surface area contributed by atoms with Crippen LogP contribution in [0.3, 0.4) is 0 Å². The van der Waals surface area contributed by atoms with E-state index in [0.29, 0.717) is 22.0 Å². The predicted molar refractivity (Wildman–Crippen MR) is 128 cm³/mol. The summed E-state index contributed by atoms with van der Waals surface area (Å²) in [5.74, 6) is 0.452. The van der Waals surface area contributed by atoms with E-state index in [4.69, 9.17) is 27.9 Å². The van der Waals surface area contributed by atoms with Crippen LogP contribution in [0, 0.1) is 0 Å². The van der Waals surface area contributed by atoms with E-state index >= 15 is 0 Å². The molecule has 2 aromatic carbocycles. The summed E-state index contributed by atoms with van der Waals surface area (Å²) >= 11 is 12.8. The molecule has 172 valence electrons. The molecule has 32 heavy (non-hydrogen) atoms. The zero-order chi connectivity index (χ0) is 23.1. The Labute approximate surface area is 200 Å². The van der Waals surface area contributed by atoms with E-state index in [0.717, 1.165) is 37.0 Å². The van der Waals surface area contributed by atoms with Crippen LogP contribution in [0.1, 0.15) is 50.2 Å². The van der Waals surface area contributed by atoms with E-state index in [-0.39, 0.29) is 30.8 Å². The minimum Gasteiger partial charge on any atom is -0.497 e. The van der Waals surface area contributed by atoms with Gasteiger partial charge in [0.1, 0.15) is 11.8 Å². The van der Waals surface area contributed by atoms with E-state index in [9.17, 15) is 9.59 Å². The third-order valence-corrected chi connectivity index (χ3v) is 6.70. The number of carbonyl (C=O) groups is 2. The average molecular weight is 477 g/mol. The molecular formula is C25H30Cl2N2O3. The van der Waals surface area contributed by atoms with Crippen LogP contribution in [0.2, 0.25) is 10.0 Å². The lowest BCUT2D eigenvalue weighted by Crippen LogP contribution is -2.51. The van der Waals surface area contributed by atoms with Crippen molar-refractivity contribution < 1.29 is 14.3 Å². The first-order chi connectivity index (χ1) is 15.4. The fourth-order valence-electron chi connectivity index (χ4n) is 4.16.